The lowest BCUT2D eigenvalue weighted by Gasteiger charge is -2.07. The molecule has 1 aromatic carbocycles. The van der Waals surface area contributed by atoms with Crippen molar-refractivity contribution in [2.24, 2.45) is 0 Å². The van der Waals surface area contributed by atoms with Gasteiger partial charge in [0.25, 0.3) is 5.69 Å². The molecule has 92 valence electrons. The normalized spacial score (nSPS) is 10.1. The van der Waals surface area contributed by atoms with E-state index in [1.165, 1.54) is 24.4 Å². The molecule has 0 spiro atoms. The monoisotopic (exact) mass is 328 g/mol. The van der Waals surface area contributed by atoms with E-state index in [0.717, 1.165) is 0 Å². The van der Waals surface area contributed by atoms with Gasteiger partial charge in [-0.05, 0) is 22.0 Å². The molecule has 0 N–H and O–H groups in total. The molecular weight excluding hydrogens is 323 g/mol. The fraction of sp³-hybridized carbons (Fsp3) is 0. The molecule has 0 aliphatic carbocycles. The van der Waals surface area contributed by atoms with Crippen molar-refractivity contribution in [2.75, 3.05) is 0 Å². The average molecular weight is 330 g/mol. The zero-order chi connectivity index (χ0) is 13.1. The molecular formula is C11H6BrClN2O3. The van der Waals surface area contributed by atoms with Crippen molar-refractivity contribution < 1.29 is 9.66 Å². The minimum absolute atomic E-state index is 0.0382. The summed E-state index contributed by atoms with van der Waals surface area (Å²) in [6.45, 7) is 0. The van der Waals surface area contributed by atoms with Crippen LogP contribution in [0.4, 0.5) is 5.69 Å². The highest BCUT2D eigenvalue weighted by Crippen LogP contribution is 2.32. The van der Waals surface area contributed by atoms with Gasteiger partial charge in [-0.25, -0.2) is 4.98 Å². The van der Waals surface area contributed by atoms with E-state index in [0.29, 0.717) is 16.0 Å². The van der Waals surface area contributed by atoms with Crippen LogP contribution >= 0.6 is 27.5 Å². The van der Waals surface area contributed by atoms with E-state index in [1.54, 1.807) is 12.1 Å². The Balaban J connectivity index is 2.31. The second-order valence-electron chi connectivity index (χ2n) is 3.29. The van der Waals surface area contributed by atoms with Crippen molar-refractivity contribution in [1.29, 1.82) is 0 Å². The molecule has 0 amide bonds. The van der Waals surface area contributed by atoms with Crippen LogP contribution in [0.3, 0.4) is 0 Å². The highest BCUT2D eigenvalue weighted by Gasteiger charge is 2.09. The number of non-ortho nitro benzene ring substituents is 1. The predicted octanol–water partition coefficient (Wildman–Crippen LogP) is 4.20. The van der Waals surface area contributed by atoms with Crippen LogP contribution in [0.15, 0.2) is 41.0 Å². The zero-order valence-electron chi connectivity index (χ0n) is 8.84. The lowest BCUT2D eigenvalue weighted by atomic mass is 10.3. The second-order valence-corrected chi connectivity index (χ2v) is 4.54. The first-order valence-corrected chi connectivity index (χ1v) is 5.97. The van der Waals surface area contributed by atoms with Crippen LogP contribution in [0.25, 0.3) is 0 Å². The molecule has 0 aliphatic rings. The van der Waals surface area contributed by atoms with Crippen LogP contribution < -0.4 is 4.74 Å². The number of rotatable bonds is 3. The molecule has 18 heavy (non-hydrogen) atoms. The molecule has 1 heterocycles. The predicted molar refractivity (Wildman–Crippen MR) is 70.1 cm³/mol. The van der Waals surface area contributed by atoms with Crippen LogP contribution in [-0.4, -0.2) is 9.91 Å². The Kier molecular flexibility index (Phi) is 3.78. The zero-order valence-corrected chi connectivity index (χ0v) is 11.2. The van der Waals surface area contributed by atoms with E-state index in [1.807, 2.05) is 0 Å². The number of nitro groups is 1. The quantitative estimate of drug-likeness (QED) is 0.481. The van der Waals surface area contributed by atoms with Gasteiger partial charge in [-0.15, -0.1) is 0 Å². The van der Waals surface area contributed by atoms with Crippen LogP contribution in [0.5, 0.6) is 11.5 Å². The van der Waals surface area contributed by atoms with Crippen molar-refractivity contribution in [3.63, 3.8) is 0 Å². The van der Waals surface area contributed by atoms with Gasteiger partial charge in [0.05, 0.1) is 15.5 Å². The van der Waals surface area contributed by atoms with Gasteiger partial charge in [0.1, 0.15) is 16.7 Å². The second kappa shape index (κ2) is 5.32. The molecule has 0 atom stereocenters. The Bertz CT molecular complexity index is 607. The highest BCUT2D eigenvalue weighted by molar-refractivity contribution is 9.10. The van der Waals surface area contributed by atoms with E-state index in [2.05, 4.69) is 20.9 Å². The summed E-state index contributed by atoms with van der Waals surface area (Å²) in [5.74, 6) is 0.794. The number of hydrogen-bond donors (Lipinski definition) is 0. The number of pyridine rings is 1. The number of nitro benzene ring substituents is 1. The summed E-state index contributed by atoms with van der Waals surface area (Å²) in [5.41, 5.74) is -0.0382. The van der Waals surface area contributed by atoms with Gasteiger partial charge in [-0.1, -0.05) is 17.7 Å². The number of hydrogen-bond acceptors (Lipinski definition) is 4. The van der Waals surface area contributed by atoms with Crippen LogP contribution in [0.2, 0.25) is 5.15 Å². The van der Waals surface area contributed by atoms with E-state index in [4.69, 9.17) is 16.3 Å². The first-order chi connectivity index (χ1) is 8.56. The third kappa shape index (κ3) is 2.96. The summed E-state index contributed by atoms with van der Waals surface area (Å²) in [6, 6.07) is 7.41. The van der Waals surface area contributed by atoms with E-state index in [9.17, 15) is 10.1 Å². The third-order valence-electron chi connectivity index (χ3n) is 2.04. The van der Waals surface area contributed by atoms with Crippen LogP contribution in [0, 0.1) is 10.1 Å². The number of aromatic nitrogens is 1. The Morgan fingerprint density at radius 1 is 1.39 bits per heavy atom. The fourth-order valence-corrected chi connectivity index (χ4v) is 1.71. The summed E-state index contributed by atoms with van der Waals surface area (Å²) < 4.78 is 6.11. The van der Waals surface area contributed by atoms with E-state index in [-0.39, 0.29) is 10.8 Å². The van der Waals surface area contributed by atoms with Gasteiger partial charge in [0.15, 0.2) is 0 Å². The van der Waals surface area contributed by atoms with Crippen molar-refractivity contribution in [2.45, 2.75) is 0 Å². The molecule has 0 radical (unpaired) electrons. The van der Waals surface area contributed by atoms with Gasteiger partial charge in [0, 0.05) is 18.3 Å². The first-order valence-electron chi connectivity index (χ1n) is 4.79. The largest absolute Gasteiger partial charge is 0.456 e. The molecule has 0 aliphatic heterocycles. The summed E-state index contributed by atoms with van der Waals surface area (Å²) >= 11 is 9.00. The summed E-state index contributed by atoms with van der Waals surface area (Å²) in [7, 11) is 0. The maximum atomic E-state index is 10.6. The Morgan fingerprint density at radius 2 is 2.17 bits per heavy atom. The highest BCUT2D eigenvalue weighted by atomic mass is 79.9. The van der Waals surface area contributed by atoms with Crippen molar-refractivity contribution >= 4 is 33.2 Å². The third-order valence-corrected chi connectivity index (χ3v) is 2.85. The Hall–Kier alpha value is -1.66. The molecule has 0 fully saturated rings. The molecule has 0 saturated carbocycles. The number of ether oxygens (including phenoxy) is 1. The molecule has 7 heteroatoms. The molecule has 0 saturated heterocycles. The lowest BCUT2D eigenvalue weighted by Crippen LogP contribution is -1.90. The van der Waals surface area contributed by atoms with E-state index >= 15 is 0 Å². The molecule has 2 aromatic rings. The van der Waals surface area contributed by atoms with Crippen LogP contribution in [-0.2, 0) is 0 Å². The topological polar surface area (TPSA) is 65.3 Å². The lowest BCUT2D eigenvalue weighted by molar-refractivity contribution is -0.384. The summed E-state index contributed by atoms with van der Waals surface area (Å²) in [6.07, 6.45) is 1.50. The van der Waals surface area contributed by atoms with Crippen LogP contribution in [0.1, 0.15) is 0 Å². The van der Waals surface area contributed by atoms with Gasteiger partial charge in [0.2, 0.25) is 0 Å². The van der Waals surface area contributed by atoms with Gasteiger partial charge in [-0.2, -0.15) is 0 Å². The SMILES string of the molecule is O=[N+]([O-])c1cccc(Oc2cc(Cl)ncc2Br)c1. The summed E-state index contributed by atoms with van der Waals surface area (Å²) in [4.78, 5) is 14.0. The Labute approximate surface area is 116 Å². The van der Waals surface area contributed by atoms with Crippen molar-refractivity contribution in [1.82, 2.24) is 4.98 Å². The molecule has 0 bridgehead atoms. The number of nitrogens with zero attached hydrogens (tertiary/aromatic N) is 2. The minimum atomic E-state index is -0.485. The maximum Gasteiger partial charge on any atom is 0.273 e. The van der Waals surface area contributed by atoms with E-state index < -0.39 is 4.92 Å². The van der Waals surface area contributed by atoms with Gasteiger partial charge in [-0.3, -0.25) is 10.1 Å². The molecule has 1 aromatic heterocycles. The van der Waals surface area contributed by atoms with Gasteiger partial charge < -0.3 is 4.74 Å². The van der Waals surface area contributed by atoms with Crippen molar-refractivity contribution in [3.05, 3.63) is 56.3 Å². The first kappa shape index (κ1) is 12.8. The molecule has 0 unspecified atom stereocenters. The average Bonchev–Trinajstić information content (AvgIpc) is 2.34. The maximum absolute atomic E-state index is 10.6. The fourth-order valence-electron chi connectivity index (χ4n) is 1.26. The van der Waals surface area contributed by atoms with Gasteiger partial charge >= 0.3 is 0 Å². The Morgan fingerprint density at radius 3 is 2.89 bits per heavy atom. The standard InChI is InChI=1S/C11H6BrClN2O3/c12-9-6-14-11(13)5-10(9)18-8-3-1-2-7(4-8)15(16)17/h1-6H. The number of halogens is 2. The minimum Gasteiger partial charge on any atom is -0.456 e. The number of benzene rings is 1. The smallest absolute Gasteiger partial charge is 0.273 e. The molecule has 5 nitrogen and oxygen atoms in total. The van der Waals surface area contributed by atoms with Crippen molar-refractivity contribution in [3.8, 4) is 11.5 Å². The summed E-state index contributed by atoms with van der Waals surface area (Å²) in [5, 5.41) is 10.9. The molecule has 2 rings (SSSR count).